The summed E-state index contributed by atoms with van der Waals surface area (Å²) in [6.07, 6.45) is 0. The molecular weight excluding hydrogens is 284 g/mol. The Kier molecular flexibility index (Phi) is 3.92. The van der Waals surface area contributed by atoms with Crippen LogP contribution in [0, 0.1) is 10.1 Å². The fourth-order valence-corrected chi connectivity index (χ4v) is 1.75. The van der Waals surface area contributed by atoms with Crippen molar-refractivity contribution in [3.8, 4) is 11.5 Å². The van der Waals surface area contributed by atoms with E-state index in [9.17, 15) is 19.7 Å². The predicted molar refractivity (Wildman–Crippen MR) is 68.7 cm³/mol. The Balaban J connectivity index is 2.39. The highest BCUT2D eigenvalue weighted by atomic mass is 16.6. The van der Waals surface area contributed by atoms with Crippen molar-refractivity contribution in [2.45, 2.75) is 13.0 Å². The first-order chi connectivity index (χ1) is 9.90. The average Bonchev–Trinajstić information content (AvgIpc) is 2.45. The lowest BCUT2D eigenvalue weighted by molar-refractivity contribution is -0.385. The Hall–Kier alpha value is -2.84. The van der Waals surface area contributed by atoms with Crippen LogP contribution in [0.1, 0.15) is 17.3 Å². The number of benzene rings is 1. The van der Waals surface area contributed by atoms with Gasteiger partial charge < -0.3 is 19.9 Å². The molecule has 0 aliphatic carbocycles. The quantitative estimate of drug-likeness (QED) is 0.614. The lowest BCUT2D eigenvalue weighted by atomic mass is 10.1. The highest BCUT2D eigenvalue weighted by Gasteiger charge is 2.27. The van der Waals surface area contributed by atoms with Crippen LogP contribution < -0.4 is 14.8 Å². The van der Waals surface area contributed by atoms with Gasteiger partial charge in [-0.3, -0.25) is 19.7 Å². The van der Waals surface area contributed by atoms with E-state index in [2.05, 4.69) is 5.32 Å². The lowest BCUT2D eigenvalue weighted by Crippen LogP contribution is -2.38. The Morgan fingerprint density at radius 1 is 1.33 bits per heavy atom. The van der Waals surface area contributed by atoms with Gasteiger partial charge in [0.2, 0.25) is 0 Å². The molecular formula is C12H12N2O7. The number of nitrogens with one attached hydrogen (secondary N) is 1. The maximum Gasteiger partial charge on any atom is 0.325 e. The third-order valence-corrected chi connectivity index (χ3v) is 2.82. The van der Waals surface area contributed by atoms with Gasteiger partial charge in [-0.1, -0.05) is 0 Å². The van der Waals surface area contributed by atoms with E-state index in [1.165, 1.54) is 13.0 Å². The summed E-state index contributed by atoms with van der Waals surface area (Å²) in [5.74, 6) is -1.73. The van der Waals surface area contributed by atoms with Gasteiger partial charge in [0.15, 0.2) is 11.5 Å². The fraction of sp³-hybridized carbons (Fsp3) is 0.333. The van der Waals surface area contributed by atoms with Gasteiger partial charge in [-0.15, -0.1) is 0 Å². The molecule has 0 radical (unpaired) electrons. The third-order valence-electron chi connectivity index (χ3n) is 2.82. The molecule has 0 unspecified atom stereocenters. The van der Waals surface area contributed by atoms with Gasteiger partial charge in [0.05, 0.1) is 11.0 Å². The van der Waals surface area contributed by atoms with Crippen LogP contribution >= 0.6 is 0 Å². The standard InChI is InChI=1S/C12H12N2O7/c1-6(12(16)17)13-11(15)7-4-9-10(21-3-2-20-9)5-8(7)14(18)19/h4-6H,2-3H2,1H3,(H,13,15)(H,16,17)/t6-/m1/s1. The largest absolute Gasteiger partial charge is 0.486 e. The number of hydrogen-bond donors (Lipinski definition) is 2. The molecule has 0 spiro atoms. The number of carbonyl (C=O) groups excluding carboxylic acids is 1. The van der Waals surface area contributed by atoms with Crippen LogP contribution in [0.4, 0.5) is 5.69 Å². The van der Waals surface area contributed by atoms with Crippen molar-refractivity contribution < 1.29 is 29.1 Å². The molecule has 1 atom stereocenters. The number of hydrogen-bond acceptors (Lipinski definition) is 6. The number of nitro benzene ring substituents is 1. The minimum Gasteiger partial charge on any atom is -0.486 e. The van der Waals surface area contributed by atoms with Crippen molar-refractivity contribution in [1.29, 1.82) is 0 Å². The van der Waals surface area contributed by atoms with E-state index >= 15 is 0 Å². The molecule has 0 aromatic heterocycles. The summed E-state index contributed by atoms with van der Waals surface area (Å²) in [6, 6.07) is 1.09. The third kappa shape index (κ3) is 3.02. The molecule has 0 bridgehead atoms. The normalized spacial score (nSPS) is 14.1. The topological polar surface area (TPSA) is 128 Å². The summed E-state index contributed by atoms with van der Waals surface area (Å²) < 4.78 is 10.5. The number of nitro groups is 1. The number of ether oxygens (including phenoxy) is 2. The van der Waals surface area contributed by atoms with Crippen molar-refractivity contribution in [1.82, 2.24) is 5.32 Å². The molecule has 21 heavy (non-hydrogen) atoms. The maximum atomic E-state index is 12.0. The molecule has 0 saturated heterocycles. The van der Waals surface area contributed by atoms with Crippen LogP contribution in [0.3, 0.4) is 0 Å². The van der Waals surface area contributed by atoms with Crippen LogP contribution in [0.2, 0.25) is 0 Å². The SMILES string of the molecule is C[C@@H](NC(=O)c1cc2c(cc1[N+](=O)[O-])OCCO2)C(=O)O. The van der Waals surface area contributed by atoms with Gasteiger partial charge in [-0.05, 0) is 6.92 Å². The lowest BCUT2D eigenvalue weighted by Gasteiger charge is -2.19. The number of amides is 1. The first kappa shape index (κ1) is 14.6. The molecule has 0 fully saturated rings. The Bertz CT molecular complexity index is 614. The Morgan fingerprint density at radius 3 is 2.43 bits per heavy atom. The zero-order valence-corrected chi connectivity index (χ0v) is 11.0. The van der Waals surface area contributed by atoms with Gasteiger partial charge in [-0.2, -0.15) is 0 Å². The number of aliphatic carboxylic acids is 1. The van der Waals surface area contributed by atoms with E-state index in [1.807, 2.05) is 0 Å². The van der Waals surface area contributed by atoms with Crippen LogP contribution in [0.15, 0.2) is 12.1 Å². The highest BCUT2D eigenvalue weighted by Crippen LogP contribution is 2.36. The van der Waals surface area contributed by atoms with E-state index < -0.39 is 28.5 Å². The molecule has 1 aliphatic heterocycles. The number of carbonyl (C=O) groups is 2. The summed E-state index contributed by atoms with van der Waals surface area (Å²) in [7, 11) is 0. The number of nitrogens with zero attached hydrogens (tertiary/aromatic N) is 1. The maximum absolute atomic E-state index is 12.0. The molecule has 1 aliphatic rings. The second-order valence-corrected chi connectivity index (χ2v) is 4.30. The van der Waals surface area contributed by atoms with Crippen molar-refractivity contribution in [2.24, 2.45) is 0 Å². The Morgan fingerprint density at radius 2 is 1.90 bits per heavy atom. The van der Waals surface area contributed by atoms with Gasteiger partial charge in [0.1, 0.15) is 24.8 Å². The number of fused-ring (bicyclic) bond motifs is 1. The molecule has 1 aromatic rings. The van der Waals surface area contributed by atoms with E-state index in [0.29, 0.717) is 0 Å². The molecule has 1 aromatic carbocycles. The van der Waals surface area contributed by atoms with Gasteiger partial charge >= 0.3 is 5.97 Å². The molecule has 0 saturated carbocycles. The molecule has 2 rings (SSSR count). The molecule has 9 heteroatoms. The smallest absolute Gasteiger partial charge is 0.325 e. The summed E-state index contributed by atoms with van der Waals surface area (Å²) in [5, 5.41) is 22.0. The van der Waals surface area contributed by atoms with E-state index in [1.54, 1.807) is 0 Å². The second kappa shape index (κ2) is 5.65. The monoisotopic (exact) mass is 296 g/mol. The number of carboxylic acid groups (broad SMARTS) is 1. The number of carboxylic acids is 1. The van der Waals surface area contributed by atoms with Crippen molar-refractivity contribution in [3.63, 3.8) is 0 Å². The zero-order chi connectivity index (χ0) is 15.6. The van der Waals surface area contributed by atoms with Gasteiger partial charge in [0, 0.05) is 6.07 Å². The van der Waals surface area contributed by atoms with E-state index in [0.717, 1.165) is 6.07 Å². The summed E-state index contributed by atoms with van der Waals surface area (Å²) >= 11 is 0. The molecule has 1 heterocycles. The fourth-order valence-electron chi connectivity index (χ4n) is 1.75. The van der Waals surface area contributed by atoms with Gasteiger partial charge in [-0.25, -0.2) is 0 Å². The zero-order valence-electron chi connectivity index (χ0n) is 11.0. The summed E-state index contributed by atoms with van der Waals surface area (Å²) in [5.41, 5.74) is -0.758. The van der Waals surface area contributed by atoms with E-state index in [4.69, 9.17) is 14.6 Å². The molecule has 1 amide bonds. The average molecular weight is 296 g/mol. The van der Waals surface area contributed by atoms with Crippen molar-refractivity contribution >= 4 is 17.6 Å². The molecule has 9 nitrogen and oxygen atoms in total. The summed E-state index contributed by atoms with van der Waals surface area (Å²) in [4.78, 5) is 33.0. The number of rotatable bonds is 4. The minimum absolute atomic E-state index is 0.177. The van der Waals surface area contributed by atoms with Crippen LogP contribution in [-0.4, -0.2) is 41.2 Å². The van der Waals surface area contributed by atoms with Crippen LogP contribution in [0.5, 0.6) is 11.5 Å². The first-order valence-corrected chi connectivity index (χ1v) is 6.02. The minimum atomic E-state index is -1.25. The predicted octanol–water partition coefficient (Wildman–Crippen LogP) is 0.569. The molecule has 2 N–H and O–H groups in total. The summed E-state index contributed by atoms with van der Waals surface area (Å²) in [6.45, 7) is 1.77. The first-order valence-electron chi connectivity index (χ1n) is 6.02. The van der Waals surface area contributed by atoms with Crippen molar-refractivity contribution in [2.75, 3.05) is 13.2 Å². The highest BCUT2D eigenvalue weighted by molar-refractivity contribution is 6.00. The van der Waals surface area contributed by atoms with Crippen LogP contribution in [-0.2, 0) is 4.79 Å². The van der Waals surface area contributed by atoms with Crippen LogP contribution in [0.25, 0.3) is 0 Å². The van der Waals surface area contributed by atoms with E-state index in [-0.39, 0.29) is 30.3 Å². The Labute approximate surface area is 118 Å². The molecule has 112 valence electrons. The second-order valence-electron chi connectivity index (χ2n) is 4.30. The van der Waals surface area contributed by atoms with Gasteiger partial charge in [0.25, 0.3) is 11.6 Å². The van der Waals surface area contributed by atoms with Crippen molar-refractivity contribution in [3.05, 3.63) is 27.8 Å².